The third-order valence-corrected chi connectivity index (χ3v) is 4.62. The van der Waals surface area contributed by atoms with Gasteiger partial charge in [0, 0.05) is 25.2 Å². The number of aryl methyl sites for hydroxylation is 1. The first kappa shape index (κ1) is 15.7. The molecule has 1 saturated heterocycles. The fourth-order valence-electron chi connectivity index (χ4n) is 3.31. The average Bonchev–Trinajstić information content (AvgIpc) is 3.20. The van der Waals surface area contributed by atoms with E-state index in [9.17, 15) is 9.59 Å². The average molecular weight is 338 g/mol. The normalized spacial score (nSPS) is 20.3. The SMILES string of the molecule is Cc1ccc([C@@H]2CN(C(=O)c3cc(=O)c4ccccc4o3)C[C@H]2N)o1. The van der Waals surface area contributed by atoms with Gasteiger partial charge in [0.1, 0.15) is 17.1 Å². The van der Waals surface area contributed by atoms with Crippen LogP contribution in [0.5, 0.6) is 0 Å². The van der Waals surface area contributed by atoms with E-state index in [2.05, 4.69) is 0 Å². The number of amides is 1. The van der Waals surface area contributed by atoms with Gasteiger partial charge in [0.05, 0.1) is 11.3 Å². The lowest BCUT2D eigenvalue weighted by Gasteiger charge is -2.15. The third-order valence-electron chi connectivity index (χ3n) is 4.62. The van der Waals surface area contributed by atoms with Crippen LogP contribution in [0.1, 0.15) is 28.0 Å². The van der Waals surface area contributed by atoms with E-state index in [0.29, 0.717) is 24.1 Å². The number of rotatable bonds is 2. The van der Waals surface area contributed by atoms with Crippen molar-refractivity contribution in [2.75, 3.05) is 13.1 Å². The second-order valence-electron chi connectivity index (χ2n) is 6.40. The highest BCUT2D eigenvalue weighted by Crippen LogP contribution is 2.29. The predicted octanol–water partition coefficient (Wildman–Crippen LogP) is 2.26. The van der Waals surface area contributed by atoms with E-state index in [1.165, 1.54) is 6.07 Å². The van der Waals surface area contributed by atoms with E-state index in [0.717, 1.165) is 11.5 Å². The molecule has 3 heterocycles. The van der Waals surface area contributed by atoms with Crippen LogP contribution in [0.2, 0.25) is 0 Å². The van der Waals surface area contributed by atoms with E-state index in [1.807, 2.05) is 19.1 Å². The maximum atomic E-state index is 12.8. The number of carbonyl (C=O) groups is 1. The molecule has 2 aromatic heterocycles. The summed E-state index contributed by atoms with van der Waals surface area (Å²) in [5.74, 6) is 1.23. The second-order valence-corrected chi connectivity index (χ2v) is 6.40. The lowest BCUT2D eigenvalue weighted by Crippen LogP contribution is -2.32. The lowest BCUT2D eigenvalue weighted by molar-refractivity contribution is 0.0757. The predicted molar refractivity (Wildman–Crippen MR) is 92.5 cm³/mol. The fraction of sp³-hybridized carbons (Fsp3) is 0.263. The lowest BCUT2D eigenvalue weighted by atomic mass is 10.0. The molecule has 128 valence electrons. The van der Waals surface area contributed by atoms with Crippen molar-refractivity contribution in [3.8, 4) is 0 Å². The molecule has 0 saturated carbocycles. The molecule has 0 unspecified atom stereocenters. The summed E-state index contributed by atoms with van der Waals surface area (Å²) >= 11 is 0. The van der Waals surface area contributed by atoms with Gasteiger partial charge < -0.3 is 19.5 Å². The molecular formula is C19H18N2O4. The highest BCUT2D eigenvalue weighted by molar-refractivity contribution is 5.93. The Morgan fingerprint density at radius 1 is 1.16 bits per heavy atom. The van der Waals surface area contributed by atoms with E-state index in [4.69, 9.17) is 14.6 Å². The van der Waals surface area contributed by atoms with Crippen molar-refractivity contribution in [1.29, 1.82) is 0 Å². The molecule has 1 aliphatic heterocycles. The van der Waals surface area contributed by atoms with Crippen molar-refractivity contribution in [1.82, 2.24) is 4.90 Å². The Morgan fingerprint density at radius 2 is 1.96 bits per heavy atom. The molecule has 3 aromatic rings. The first-order valence-corrected chi connectivity index (χ1v) is 8.17. The Kier molecular flexibility index (Phi) is 3.69. The number of furan rings is 1. The molecule has 0 aliphatic carbocycles. The first-order valence-electron chi connectivity index (χ1n) is 8.17. The number of hydrogen-bond acceptors (Lipinski definition) is 5. The third kappa shape index (κ3) is 2.74. The minimum absolute atomic E-state index is 0.0344. The van der Waals surface area contributed by atoms with Crippen molar-refractivity contribution >= 4 is 16.9 Å². The summed E-state index contributed by atoms with van der Waals surface area (Å²) in [5, 5.41) is 0.459. The van der Waals surface area contributed by atoms with Crippen molar-refractivity contribution in [2.24, 2.45) is 5.73 Å². The molecule has 2 atom stereocenters. The summed E-state index contributed by atoms with van der Waals surface area (Å²) in [5.41, 5.74) is 6.37. The van der Waals surface area contributed by atoms with Gasteiger partial charge in [-0.25, -0.2) is 0 Å². The maximum Gasteiger partial charge on any atom is 0.289 e. The van der Waals surface area contributed by atoms with Crippen LogP contribution in [0.4, 0.5) is 0 Å². The monoisotopic (exact) mass is 338 g/mol. The minimum Gasteiger partial charge on any atom is -0.466 e. The van der Waals surface area contributed by atoms with Crippen LogP contribution < -0.4 is 11.2 Å². The van der Waals surface area contributed by atoms with Gasteiger partial charge in [-0.1, -0.05) is 12.1 Å². The maximum absolute atomic E-state index is 12.8. The molecule has 2 N–H and O–H groups in total. The second kappa shape index (κ2) is 5.89. The Hall–Kier alpha value is -2.86. The zero-order chi connectivity index (χ0) is 17.6. The molecule has 1 aliphatic rings. The van der Waals surface area contributed by atoms with Crippen molar-refractivity contribution < 1.29 is 13.6 Å². The van der Waals surface area contributed by atoms with Gasteiger partial charge in [-0.15, -0.1) is 0 Å². The molecule has 6 nitrogen and oxygen atoms in total. The van der Waals surface area contributed by atoms with Gasteiger partial charge in [-0.2, -0.15) is 0 Å². The van der Waals surface area contributed by atoms with Crippen LogP contribution in [0.3, 0.4) is 0 Å². The Morgan fingerprint density at radius 3 is 2.72 bits per heavy atom. The molecule has 6 heteroatoms. The number of fused-ring (bicyclic) bond motifs is 1. The number of para-hydroxylation sites is 1. The fourth-order valence-corrected chi connectivity index (χ4v) is 3.31. The standard InChI is InChI=1S/C19H18N2O4/c1-11-6-7-17(24-11)13-9-21(10-14(13)20)19(23)18-8-15(22)12-4-2-3-5-16(12)25-18/h2-8,13-14H,9-10,20H2,1H3/t13-,14-/m1/s1. The molecule has 0 bridgehead atoms. The van der Waals surface area contributed by atoms with E-state index >= 15 is 0 Å². The number of nitrogens with zero attached hydrogens (tertiary/aromatic N) is 1. The van der Waals surface area contributed by atoms with Gasteiger partial charge in [-0.3, -0.25) is 9.59 Å². The smallest absolute Gasteiger partial charge is 0.289 e. The highest BCUT2D eigenvalue weighted by Gasteiger charge is 2.36. The van der Waals surface area contributed by atoms with Crippen LogP contribution in [0, 0.1) is 6.92 Å². The van der Waals surface area contributed by atoms with Crippen molar-refractivity contribution in [2.45, 2.75) is 18.9 Å². The van der Waals surface area contributed by atoms with Crippen molar-refractivity contribution in [3.05, 3.63) is 70.0 Å². The summed E-state index contributed by atoms with van der Waals surface area (Å²) < 4.78 is 11.3. The molecule has 0 spiro atoms. The molecule has 0 radical (unpaired) electrons. The van der Waals surface area contributed by atoms with Gasteiger partial charge in [0.15, 0.2) is 11.2 Å². The summed E-state index contributed by atoms with van der Waals surface area (Å²) in [4.78, 5) is 26.6. The van der Waals surface area contributed by atoms with Crippen LogP contribution >= 0.6 is 0 Å². The Bertz CT molecular complexity index is 1000. The van der Waals surface area contributed by atoms with E-state index in [1.54, 1.807) is 29.2 Å². The minimum atomic E-state index is -0.330. The number of nitrogens with two attached hydrogens (primary N) is 1. The molecule has 1 amide bonds. The van der Waals surface area contributed by atoms with Gasteiger partial charge in [0.25, 0.3) is 5.91 Å². The first-order chi connectivity index (χ1) is 12.0. The highest BCUT2D eigenvalue weighted by atomic mass is 16.3. The zero-order valence-corrected chi connectivity index (χ0v) is 13.8. The number of benzene rings is 1. The topological polar surface area (TPSA) is 89.7 Å². The largest absolute Gasteiger partial charge is 0.466 e. The Labute approximate surface area is 143 Å². The number of hydrogen-bond donors (Lipinski definition) is 1. The summed E-state index contributed by atoms with van der Waals surface area (Å²) in [6.45, 7) is 2.69. The van der Waals surface area contributed by atoms with Gasteiger partial charge in [-0.05, 0) is 31.2 Å². The van der Waals surface area contributed by atoms with Crippen molar-refractivity contribution in [3.63, 3.8) is 0 Å². The van der Waals surface area contributed by atoms with E-state index < -0.39 is 0 Å². The van der Waals surface area contributed by atoms with E-state index in [-0.39, 0.29) is 29.1 Å². The quantitative estimate of drug-likeness (QED) is 0.774. The number of carbonyl (C=O) groups excluding carboxylic acids is 1. The van der Waals surface area contributed by atoms with Gasteiger partial charge in [0.2, 0.25) is 0 Å². The summed E-state index contributed by atoms with van der Waals surface area (Å²) in [6, 6.07) is 11.7. The number of likely N-dealkylation sites (tertiary alicyclic amines) is 1. The zero-order valence-electron chi connectivity index (χ0n) is 13.8. The van der Waals surface area contributed by atoms with Crippen LogP contribution in [0.15, 0.2) is 56.1 Å². The Balaban J connectivity index is 1.62. The van der Waals surface area contributed by atoms with Crippen LogP contribution in [-0.4, -0.2) is 29.9 Å². The molecule has 1 fully saturated rings. The summed E-state index contributed by atoms with van der Waals surface area (Å²) in [6.07, 6.45) is 0. The molecule has 25 heavy (non-hydrogen) atoms. The van der Waals surface area contributed by atoms with Crippen LogP contribution in [0.25, 0.3) is 11.0 Å². The summed E-state index contributed by atoms with van der Waals surface area (Å²) in [7, 11) is 0. The molecule has 4 rings (SSSR count). The van der Waals surface area contributed by atoms with Gasteiger partial charge >= 0.3 is 0 Å². The molecular weight excluding hydrogens is 320 g/mol. The molecule has 1 aromatic carbocycles. The van der Waals surface area contributed by atoms with Crippen LogP contribution in [-0.2, 0) is 0 Å².